The van der Waals surface area contributed by atoms with Crippen molar-refractivity contribution in [3.05, 3.63) is 60.1 Å². The average molecular weight is 556 g/mol. The first-order valence-corrected chi connectivity index (χ1v) is 10.6. The SMILES string of the molecule is CC[C@@H](C)c1nc2ccc(Br)cc2c(=O)n1N=Cc1cc(I)c(O)c(OC)c1. The van der Waals surface area contributed by atoms with Crippen LogP contribution in [0, 0.1) is 3.57 Å². The van der Waals surface area contributed by atoms with E-state index < -0.39 is 0 Å². The first-order chi connectivity index (χ1) is 13.3. The van der Waals surface area contributed by atoms with Crippen LogP contribution < -0.4 is 10.3 Å². The summed E-state index contributed by atoms with van der Waals surface area (Å²) < 4.78 is 7.99. The number of hydrogen-bond donors (Lipinski definition) is 1. The molecule has 0 radical (unpaired) electrons. The van der Waals surface area contributed by atoms with E-state index in [4.69, 9.17) is 4.74 Å². The minimum absolute atomic E-state index is 0.0624. The number of benzene rings is 2. The molecule has 0 saturated heterocycles. The molecular formula is C20H19BrIN3O3. The van der Waals surface area contributed by atoms with Crippen LogP contribution in [0.3, 0.4) is 0 Å². The van der Waals surface area contributed by atoms with Gasteiger partial charge in [0.05, 0.1) is 27.8 Å². The highest BCUT2D eigenvalue weighted by atomic mass is 127. The van der Waals surface area contributed by atoms with Crippen molar-refractivity contribution in [3.8, 4) is 11.5 Å². The maximum Gasteiger partial charge on any atom is 0.282 e. The van der Waals surface area contributed by atoms with Crippen molar-refractivity contribution in [3.63, 3.8) is 0 Å². The van der Waals surface area contributed by atoms with Crippen LogP contribution in [0.2, 0.25) is 0 Å². The van der Waals surface area contributed by atoms with Crippen molar-refractivity contribution in [1.82, 2.24) is 9.66 Å². The lowest BCUT2D eigenvalue weighted by Crippen LogP contribution is -2.23. The van der Waals surface area contributed by atoms with Gasteiger partial charge in [-0.2, -0.15) is 9.78 Å². The van der Waals surface area contributed by atoms with E-state index in [1.807, 2.05) is 48.6 Å². The number of rotatable bonds is 5. The molecule has 146 valence electrons. The molecule has 3 rings (SSSR count). The molecule has 0 spiro atoms. The first-order valence-electron chi connectivity index (χ1n) is 8.68. The van der Waals surface area contributed by atoms with Gasteiger partial charge in [-0.05, 0) is 64.9 Å². The Hall–Kier alpha value is -1.94. The molecule has 1 N–H and O–H groups in total. The third-order valence-corrected chi connectivity index (χ3v) is 5.80. The predicted molar refractivity (Wildman–Crippen MR) is 123 cm³/mol. The van der Waals surface area contributed by atoms with Crippen LogP contribution in [0.4, 0.5) is 0 Å². The molecule has 0 unspecified atom stereocenters. The lowest BCUT2D eigenvalue weighted by molar-refractivity contribution is 0.371. The molecule has 0 saturated carbocycles. The van der Waals surface area contributed by atoms with Gasteiger partial charge in [0.25, 0.3) is 5.56 Å². The maximum absolute atomic E-state index is 13.1. The Morgan fingerprint density at radius 3 is 2.82 bits per heavy atom. The number of hydrogen-bond acceptors (Lipinski definition) is 5. The number of phenols is 1. The Bertz CT molecular complexity index is 1130. The minimum Gasteiger partial charge on any atom is -0.504 e. The molecule has 0 aliphatic rings. The molecule has 0 aliphatic carbocycles. The van der Waals surface area contributed by atoms with Crippen molar-refractivity contribution < 1.29 is 9.84 Å². The van der Waals surface area contributed by atoms with E-state index in [1.165, 1.54) is 11.8 Å². The standard InChI is InChI=1S/C20H19BrIN3O3/c1-4-11(2)19-24-16-6-5-13(21)9-14(16)20(27)25(19)23-10-12-7-15(22)18(26)17(8-12)28-3/h5-11,26H,4H2,1-3H3/t11-/m1/s1. The molecule has 1 aromatic heterocycles. The van der Waals surface area contributed by atoms with Crippen LogP contribution in [-0.4, -0.2) is 28.1 Å². The van der Waals surface area contributed by atoms with E-state index in [1.54, 1.807) is 24.4 Å². The number of phenolic OH excluding ortho intramolecular Hbond substituents is 1. The van der Waals surface area contributed by atoms with Crippen molar-refractivity contribution >= 4 is 55.6 Å². The zero-order valence-corrected chi connectivity index (χ0v) is 19.4. The Labute approximate surface area is 184 Å². The summed E-state index contributed by atoms with van der Waals surface area (Å²) in [6, 6.07) is 8.88. The maximum atomic E-state index is 13.1. The van der Waals surface area contributed by atoms with Gasteiger partial charge < -0.3 is 9.84 Å². The number of aromatic hydroxyl groups is 1. The van der Waals surface area contributed by atoms with Crippen molar-refractivity contribution in [2.45, 2.75) is 26.2 Å². The zero-order valence-electron chi connectivity index (χ0n) is 15.6. The molecule has 8 heteroatoms. The first kappa shape index (κ1) is 20.8. The highest BCUT2D eigenvalue weighted by Crippen LogP contribution is 2.32. The number of halogens is 2. The third-order valence-electron chi connectivity index (χ3n) is 4.48. The fraction of sp³-hybridized carbons (Fsp3) is 0.250. The number of fused-ring (bicyclic) bond motifs is 1. The number of aromatic nitrogens is 2. The van der Waals surface area contributed by atoms with Gasteiger partial charge in [0, 0.05) is 10.4 Å². The highest BCUT2D eigenvalue weighted by molar-refractivity contribution is 14.1. The summed E-state index contributed by atoms with van der Waals surface area (Å²) >= 11 is 5.43. The second kappa shape index (κ2) is 8.60. The van der Waals surface area contributed by atoms with E-state index in [-0.39, 0.29) is 17.2 Å². The van der Waals surface area contributed by atoms with E-state index in [0.717, 1.165) is 10.9 Å². The smallest absolute Gasteiger partial charge is 0.282 e. The zero-order chi connectivity index (χ0) is 20.4. The molecule has 6 nitrogen and oxygen atoms in total. The lowest BCUT2D eigenvalue weighted by Gasteiger charge is -2.14. The number of nitrogens with zero attached hydrogens (tertiary/aromatic N) is 3. The van der Waals surface area contributed by atoms with E-state index in [0.29, 0.717) is 31.6 Å². The third kappa shape index (κ3) is 4.07. The van der Waals surface area contributed by atoms with E-state index in [2.05, 4.69) is 26.0 Å². The normalized spacial score (nSPS) is 12.6. The predicted octanol–water partition coefficient (Wildman–Crippen LogP) is 4.87. The van der Waals surface area contributed by atoms with Gasteiger partial charge in [0.1, 0.15) is 5.82 Å². The summed E-state index contributed by atoms with van der Waals surface area (Å²) in [7, 11) is 1.49. The molecular weight excluding hydrogens is 537 g/mol. The monoisotopic (exact) mass is 555 g/mol. The second-order valence-corrected chi connectivity index (χ2v) is 8.43. The van der Waals surface area contributed by atoms with Crippen molar-refractivity contribution in [1.29, 1.82) is 0 Å². The number of ether oxygens (including phenoxy) is 1. The quantitative estimate of drug-likeness (QED) is 0.360. The summed E-state index contributed by atoms with van der Waals surface area (Å²) in [5.74, 6) is 1.10. The molecule has 0 bridgehead atoms. The van der Waals surface area contributed by atoms with E-state index >= 15 is 0 Å². The Morgan fingerprint density at radius 1 is 1.39 bits per heavy atom. The van der Waals surface area contributed by atoms with Gasteiger partial charge in [-0.15, -0.1) is 0 Å². The molecule has 3 aromatic rings. The highest BCUT2D eigenvalue weighted by Gasteiger charge is 2.16. The van der Waals surface area contributed by atoms with Gasteiger partial charge in [0.15, 0.2) is 11.5 Å². The average Bonchev–Trinajstić information content (AvgIpc) is 2.69. The second-order valence-electron chi connectivity index (χ2n) is 6.36. The van der Waals surface area contributed by atoms with Crippen LogP contribution in [-0.2, 0) is 0 Å². The van der Waals surface area contributed by atoms with Gasteiger partial charge in [0.2, 0.25) is 0 Å². The van der Waals surface area contributed by atoms with Crippen molar-refractivity contribution in [2.24, 2.45) is 5.10 Å². The lowest BCUT2D eigenvalue weighted by atomic mass is 10.1. The molecule has 0 aliphatic heterocycles. The summed E-state index contributed by atoms with van der Waals surface area (Å²) in [6.45, 7) is 4.06. The molecule has 0 fully saturated rings. The summed E-state index contributed by atoms with van der Waals surface area (Å²) in [5.41, 5.74) is 1.13. The Balaban J connectivity index is 2.19. The van der Waals surface area contributed by atoms with Crippen LogP contribution in [0.25, 0.3) is 10.9 Å². The topological polar surface area (TPSA) is 76.7 Å². The van der Waals surface area contributed by atoms with Crippen LogP contribution >= 0.6 is 38.5 Å². The van der Waals surface area contributed by atoms with Crippen LogP contribution in [0.1, 0.15) is 37.6 Å². The van der Waals surface area contributed by atoms with Gasteiger partial charge in [-0.3, -0.25) is 4.79 Å². The Kier molecular flexibility index (Phi) is 6.39. The van der Waals surface area contributed by atoms with Gasteiger partial charge in [-0.25, -0.2) is 4.98 Å². The molecule has 28 heavy (non-hydrogen) atoms. The Morgan fingerprint density at radius 2 is 2.14 bits per heavy atom. The fourth-order valence-corrected chi connectivity index (χ4v) is 3.71. The van der Waals surface area contributed by atoms with Gasteiger partial charge >= 0.3 is 0 Å². The molecule has 0 amide bonds. The molecule has 2 aromatic carbocycles. The van der Waals surface area contributed by atoms with E-state index in [9.17, 15) is 9.90 Å². The minimum atomic E-state index is -0.224. The van der Waals surface area contributed by atoms with Crippen LogP contribution in [0.5, 0.6) is 11.5 Å². The van der Waals surface area contributed by atoms with Crippen molar-refractivity contribution in [2.75, 3.05) is 7.11 Å². The summed E-state index contributed by atoms with van der Waals surface area (Å²) in [6.07, 6.45) is 2.40. The molecule has 1 atom stereocenters. The summed E-state index contributed by atoms with van der Waals surface area (Å²) in [5, 5.41) is 14.9. The fourth-order valence-electron chi connectivity index (χ4n) is 2.73. The molecule has 1 heterocycles. The largest absolute Gasteiger partial charge is 0.504 e. The number of methoxy groups -OCH3 is 1. The van der Waals surface area contributed by atoms with Gasteiger partial charge in [-0.1, -0.05) is 29.8 Å². The van der Waals surface area contributed by atoms with Crippen LogP contribution in [0.15, 0.2) is 44.7 Å². The summed E-state index contributed by atoms with van der Waals surface area (Å²) in [4.78, 5) is 17.8.